The quantitative estimate of drug-likeness (QED) is 0.705. The maximum Gasteiger partial charge on any atom is 0.169 e. The molecule has 2 aromatic rings. The Kier molecular flexibility index (Phi) is 3.43. The van der Waals surface area contributed by atoms with E-state index in [-0.39, 0.29) is 0 Å². The predicted octanol–water partition coefficient (Wildman–Crippen LogP) is 5.19. The molecule has 0 spiro atoms. The fourth-order valence-electron chi connectivity index (χ4n) is 2.95. The van der Waals surface area contributed by atoms with E-state index in [1.54, 1.807) is 0 Å². The highest BCUT2D eigenvalue weighted by atomic mass is 35.5. The van der Waals surface area contributed by atoms with E-state index in [1.165, 1.54) is 5.69 Å². The molecule has 2 aromatic carbocycles. The lowest BCUT2D eigenvalue weighted by atomic mass is 10.1. The Labute approximate surface area is 130 Å². The second-order valence-electron chi connectivity index (χ2n) is 5.02. The van der Waals surface area contributed by atoms with E-state index in [0.29, 0.717) is 0 Å². The standard InChI is InChI=1S/C17H17Cl2N/c1-3-20(4-2)12-9-10-14-13-7-5-6-8-15(13)17(18,19)16(14)11-12/h5-11H,3-4H2,1-2H3. The van der Waals surface area contributed by atoms with Crippen molar-refractivity contribution in [2.45, 2.75) is 18.2 Å². The predicted molar refractivity (Wildman–Crippen MR) is 87.9 cm³/mol. The zero-order valence-corrected chi connectivity index (χ0v) is 13.2. The van der Waals surface area contributed by atoms with Crippen molar-refractivity contribution in [3.63, 3.8) is 0 Å². The molecule has 0 saturated carbocycles. The van der Waals surface area contributed by atoms with Crippen LogP contribution < -0.4 is 4.90 Å². The number of rotatable bonds is 3. The van der Waals surface area contributed by atoms with Gasteiger partial charge in [0.1, 0.15) is 0 Å². The van der Waals surface area contributed by atoms with E-state index in [2.05, 4.69) is 43.0 Å². The highest BCUT2D eigenvalue weighted by Gasteiger charge is 2.40. The summed E-state index contributed by atoms with van der Waals surface area (Å²) in [6.45, 7) is 6.25. The summed E-state index contributed by atoms with van der Waals surface area (Å²) in [5, 5.41) is 0. The van der Waals surface area contributed by atoms with Crippen LogP contribution in [-0.2, 0) is 4.33 Å². The Morgan fingerprint density at radius 2 is 1.55 bits per heavy atom. The number of anilines is 1. The fourth-order valence-corrected chi connectivity index (χ4v) is 3.59. The topological polar surface area (TPSA) is 3.24 Å². The number of benzene rings is 2. The third-order valence-electron chi connectivity index (χ3n) is 4.03. The van der Waals surface area contributed by atoms with Crippen molar-refractivity contribution in [1.29, 1.82) is 0 Å². The molecule has 104 valence electrons. The van der Waals surface area contributed by atoms with Crippen molar-refractivity contribution in [3.05, 3.63) is 53.6 Å². The van der Waals surface area contributed by atoms with Gasteiger partial charge in [0.25, 0.3) is 0 Å². The summed E-state index contributed by atoms with van der Waals surface area (Å²) in [6, 6.07) is 14.5. The first-order chi connectivity index (χ1) is 9.59. The van der Waals surface area contributed by atoms with E-state index in [1.807, 2.05) is 18.2 Å². The maximum absolute atomic E-state index is 6.64. The summed E-state index contributed by atoms with van der Waals surface area (Å²) in [6.07, 6.45) is 0. The van der Waals surface area contributed by atoms with Crippen LogP contribution in [0, 0.1) is 0 Å². The van der Waals surface area contributed by atoms with Gasteiger partial charge >= 0.3 is 0 Å². The molecule has 3 heteroatoms. The third kappa shape index (κ3) is 1.92. The minimum Gasteiger partial charge on any atom is -0.372 e. The van der Waals surface area contributed by atoms with Gasteiger partial charge < -0.3 is 4.90 Å². The second-order valence-corrected chi connectivity index (χ2v) is 6.35. The number of hydrogen-bond acceptors (Lipinski definition) is 1. The first kappa shape index (κ1) is 13.8. The molecule has 1 aliphatic rings. The number of fused-ring (bicyclic) bond motifs is 3. The molecular weight excluding hydrogens is 289 g/mol. The van der Waals surface area contributed by atoms with Crippen molar-refractivity contribution < 1.29 is 0 Å². The van der Waals surface area contributed by atoms with E-state index < -0.39 is 4.33 Å². The van der Waals surface area contributed by atoms with Crippen LogP contribution in [0.4, 0.5) is 5.69 Å². The maximum atomic E-state index is 6.64. The molecule has 20 heavy (non-hydrogen) atoms. The van der Waals surface area contributed by atoms with E-state index in [4.69, 9.17) is 23.2 Å². The molecule has 0 heterocycles. The van der Waals surface area contributed by atoms with Crippen molar-refractivity contribution in [1.82, 2.24) is 0 Å². The Balaban J connectivity index is 2.17. The van der Waals surface area contributed by atoms with Crippen LogP contribution in [0.2, 0.25) is 0 Å². The lowest BCUT2D eigenvalue weighted by Gasteiger charge is -2.23. The van der Waals surface area contributed by atoms with Gasteiger partial charge in [0.2, 0.25) is 0 Å². The van der Waals surface area contributed by atoms with Gasteiger partial charge in [-0.15, -0.1) is 0 Å². The molecule has 0 N–H and O–H groups in total. The molecular formula is C17H17Cl2N. The third-order valence-corrected chi connectivity index (χ3v) is 4.84. The molecule has 3 rings (SSSR count). The van der Waals surface area contributed by atoms with E-state index in [9.17, 15) is 0 Å². The normalized spacial score (nSPS) is 14.8. The van der Waals surface area contributed by atoms with E-state index in [0.717, 1.165) is 35.3 Å². The molecule has 0 aromatic heterocycles. The number of hydrogen-bond donors (Lipinski definition) is 0. The van der Waals surface area contributed by atoms with Crippen molar-refractivity contribution in [2.24, 2.45) is 0 Å². The van der Waals surface area contributed by atoms with Gasteiger partial charge in [0.05, 0.1) is 0 Å². The van der Waals surface area contributed by atoms with Gasteiger partial charge in [-0.2, -0.15) is 0 Å². The second kappa shape index (κ2) is 4.98. The molecule has 0 amide bonds. The summed E-state index contributed by atoms with van der Waals surface area (Å²) < 4.78 is -0.949. The van der Waals surface area contributed by atoms with Gasteiger partial charge in [0, 0.05) is 29.9 Å². The zero-order valence-electron chi connectivity index (χ0n) is 11.7. The van der Waals surface area contributed by atoms with Crippen molar-refractivity contribution in [3.8, 4) is 11.1 Å². The molecule has 0 atom stereocenters. The molecule has 0 aliphatic heterocycles. The summed E-state index contributed by atoms with van der Waals surface area (Å²) in [7, 11) is 0. The highest BCUT2D eigenvalue weighted by molar-refractivity contribution is 6.51. The Hall–Kier alpha value is -1.18. The largest absolute Gasteiger partial charge is 0.372 e. The van der Waals surface area contributed by atoms with Gasteiger partial charge in [-0.25, -0.2) is 0 Å². The Bertz CT molecular complexity index is 645. The Morgan fingerprint density at radius 3 is 2.25 bits per heavy atom. The molecule has 0 saturated heterocycles. The summed E-state index contributed by atoms with van der Waals surface area (Å²) in [5.41, 5.74) is 5.42. The first-order valence-corrected chi connectivity index (χ1v) is 7.72. The lowest BCUT2D eigenvalue weighted by Crippen LogP contribution is -2.22. The van der Waals surface area contributed by atoms with Crippen LogP contribution in [0.15, 0.2) is 42.5 Å². The van der Waals surface area contributed by atoms with Gasteiger partial charge in [-0.3, -0.25) is 0 Å². The van der Waals surface area contributed by atoms with Gasteiger partial charge in [-0.1, -0.05) is 53.5 Å². The molecule has 0 unspecified atom stereocenters. The summed E-state index contributed by atoms with van der Waals surface area (Å²) >= 11 is 13.3. The zero-order chi connectivity index (χ0) is 14.3. The summed E-state index contributed by atoms with van der Waals surface area (Å²) in [4.78, 5) is 2.30. The molecule has 0 radical (unpaired) electrons. The average molecular weight is 306 g/mol. The van der Waals surface area contributed by atoms with Crippen molar-refractivity contribution in [2.75, 3.05) is 18.0 Å². The van der Waals surface area contributed by atoms with Crippen LogP contribution in [0.5, 0.6) is 0 Å². The minimum atomic E-state index is -0.949. The summed E-state index contributed by atoms with van der Waals surface area (Å²) in [5.74, 6) is 0. The average Bonchev–Trinajstić information content (AvgIpc) is 2.70. The molecule has 0 fully saturated rings. The Morgan fingerprint density at radius 1 is 0.900 bits per heavy atom. The van der Waals surface area contributed by atoms with Crippen LogP contribution in [0.3, 0.4) is 0 Å². The molecule has 1 aliphatic carbocycles. The molecule has 0 bridgehead atoms. The van der Waals surface area contributed by atoms with Crippen LogP contribution in [0.1, 0.15) is 25.0 Å². The van der Waals surface area contributed by atoms with Gasteiger partial charge in [0.15, 0.2) is 4.33 Å². The fraction of sp³-hybridized carbons (Fsp3) is 0.294. The smallest absolute Gasteiger partial charge is 0.169 e. The number of alkyl halides is 2. The number of halogens is 2. The highest BCUT2D eigenvalue weighted by Crippen LogP contribution is 2.54. The van der Waals surface area contributed by atoms with Crippen LogP contribution >= 0.6 is 23.2 Å². The SMILES string of the molecule is CCN(CC)c1ccc2c(c1)C(Cl)(Cl)c1ccccc1-2. The van der Waals surface area contributed by atoms with Crippen LogP contribution in [-0.4, -0.2) is 13.1 Å². The molecule has 1 nitrogen and oxygen atoms in total. The first-order valence-electron chi connectivity index (χ1n) is 6.96. The lowest BCUT2D eigenvalue weighted by molar-refractivity contribution is 0.864. The van der Waals surface area contributed by atoms with E-state index >= 15 is 0 Å². The monoisotopic (exact) mass is 305 g/mol. The minimum absolute atomic E-state index is 0.949. The van der Waals surface area contributed by atoms with Crippen molar-refractivity contribution >= 4 is 28.9 Å². The van der Waals surface area contributed by atoms with Gasteiger partial charge in [-0.05, 0) is 37.1 Å². The number of nitrogens with zero attached hydrogens (tertiary/aromatic N) is 1. The van der Waals surface area contributed by atoms with Crippen LogP contribution in [0.25, 0.3) is 11.1 Å².